The molecule has 0 bridgehead atoms. The fraction of sp³-hybridized carbons (Fsp3) is 0. The Hall–Kier alpha value is -6.64. The first-order valence-electron chi connectivity index (χ1n) is 17.1. The zero-order chi connectivity index (χ0) is 32.8. The monoisotopic (exact) mass is 636 g/mol. The Bertz CT molecular complexity index is 3080. The zero-order valence-corrected chi connectivity index (χ0v) is 27.0. The second kappa shape index (κ2) is 10.4. The van der Waals surface area contributed by atoms with Crippen LogP contribution in [0.3, 0.4) is 0 Å². The van der Waals surface area contributed by atoms with Gasteiger partial charge in [0.15, 0.2) is 11.2 Å². The van der Waals surface area contributed by atoms with Gasteiger partial charge in [-0.25, -0.2) is 0 Å². The van der Waals surface area contributed by atoms with Crippen LogP contribution >= 0.6 is 0 Å². The van der Waals surface area contributed by atoms with Crippen LogP contribution in [0.4, 0.5) is 0 Å². The van der Waals surface area contributed by atoms with E-state index < -0.39 is 0 Å². The molecule has 0 unspecified atom stereocenters. The molecule has 2 heteroatoms. The van der Waals surface area contributed by atoms with Crippen LogP contribution in [0, 0.1) is 0 Å². The van der Waals surface area contributed by atoms with Gasteiger partial charge >= 0.3 is 0 Å². The summed E-state index contributed by atoms with van der Waals surface area (Å²) in [6.07, 6.45) is 0. The largest absolute Gasteiger partial charge is 0.452 e. The molecule has 11 aromatic rings. The van der Waals surface area contributed by atoms with Crippen LogP contribution in [0.25, 0.3) is 110 Å². The highest BCUT2D eigenvalue weighted by molar-refractivity contribution is 6.27. The molecule has 0 aliphatic carbocycles. The summed E-state index contributed by atoms with van der Waals surface area (Å²) in [7, 11) is 0. The minimum atomic E-state index is 0.788. The van der Waals surface area contributed by atoms with E-state index in [1.807, 2.05) is 24.3 Å². The number of hydrogen-bond acceptors (Lipinski definition) is 2. The van der Waals surface area contributed by atoms with Crippen LogP contribution in [0.15, 0.2) is 179 Å². The van der Waals surface area contributed by atoms with E-state index >= 15 is 0 Å². The van der Waals surface area contributed by atoms with Gasteiger partial charge in [-0.15, -0.1) is 0 Å². The zero-order valence-electron chi connectivity index (χ0n) is 27.0. The lowest BCUT2D eigenvalue weighted by atomic mass is 9.83. The Kier molecular flexibility index (Phi) is 5.70. The van der Waals surface area contributed by atoms with Crippen LogP contribution in [0.2, 0.25) is 0 Å². The lowest BCUT2D eigenvalue weighted by Crippen LogP contribution is -1.92. The Morgan fingerprint density at radius 1 is 0.280 bits per heavy atom. The van der Waals surface area contributed by atoms with E-state index in [-0.39, 0.29) is 0 Å². The van der Waals surface area contributed by atoms with Gasteiger partial charge < -0.3 is 8.83 Å². The molecular weight excluding hydrogens is 609 g/mol. The molecule has 232 valence electrons. The summed E-state index contributed by atoms with van der Waals surface area (Å²) in [6, 6.07) is 60.9. The van der Waals surface area contributed by atoms with Crippen LogP contribution < -0.4 is 0 Å². The van der Waals surface area contributed by atoms with E-state index in [9.17, 15) is 0 Å². The molecule has 0 radical (unpaired) electrons. The van der Waals surface area contributed by atoms with Crippen molar-refractivity contribution in [2.24, 2.45) is 0 Å². The average Bonchev–Trinajstić information content (AvgIpc) is 3.76. The van der Waals surface area contributed by atoms with E-state index in [0.717, 1.165) is 49.4 Å². The number of furan rings is 2. The first-order valence-corrected chi connectivity index (χ1v) is 17.1. The van der Waals surface area contributed by atoms with Crippen LogP contribution in [-0.2, 0) is 0 Å². The fourth-order valence-corrected chi connectivity index (χ4v) is 8.37. The fourth-order valence-electron chi connectivity index (χ4n) is 8.37. The third kappa shape index (κ3) is 3.79. The van der Waals surface area contributed by atoms with E-state index in [4.69, 9.17) is 8.83 Å². The summed E-state index contributed by atoms with van der Waals surface area (Å²) in [6.45, 7) is 0. The number of rotatable bonds is 3. The van der Waals surface area contributed by atoms with E-state index in [1.54, 1.807) is 0 Å². The standard InChI is InChI=1S/C48H28O2/c1-2-14-29(15-3-1)44-34-19-6-8-21-36(34)45(37-22-9-7-20-35(37)44)38-27-26-32(30-16-4-5-17-31(30)38)40-28-41-33-18-10-12-24-42(33)49-47(41)48-46(40)39-23-11-13-25-43(39)50-48/h1-28H. The molecule has 2 aromatic heterocycles. The van der Waals surface area contributed by atoms with Crippen LogP contribution in [-0.4, -0.2) is 0 Å². The molecule has 0 atom stereocenters. The molecular formula is C48H28O2. The smallest absolute Gasteiger partial charge is 0.179 e. The molecule has 2 nitrogen and oxygen atoms in total. The van der Waals surface area contributed by atoms with Gasteiger partial charge in [-0.1, -0.05) is 152 Å². The minimum Gasteiger partial charge on any atom is -0.452 e. The molecule has 0 N–H and O–H groups in total. The predicted octanol–water partition coefficient (Wildman–Crippen LogP) is 13.9. The van der Waals surface area contributed by atoms with Crippen molar-refractivity contribution in [1.82, 2.24) is 0 Å². The Morgan fingerprint density at radius 2 is 0.740 bits per heavy atom. The molecule has 2 heterocycles. The maximum Gasteiger partial charge on any atom is 0.179 e. The molecule has 50 heavy (non-hydrogen) atoms. The second-order valence-corrected chi connectivity index (χ2v) is 13.1. The Labute approximate surface area is 287 Å². The summed E-state index contributed by atoms with van der Waals surface area (Å²) in [4.78, 5) is 0. The van der Waals surface area contributed by atoms with Crippen molar-refractivity contribution in [3.63, 3.8) is 0 Å². The molecule has 0 saturated carbocycles. The molecule has 9 aromatic carbocycles. The minimum absolute atomic E-state index is 0.788. The summed E-state index contributed by atoms with van der Waals surface area (Å²) in [5.41, 5.74) is 10.6. The summed E-state index contributed by atoms with van der Waals surface area (Å²) < 4.78 is 13.1. The van der Waals surface area contributed by atoms with E-state index in [1.165, 1.54) is 60.1 Å². The van der Waals surface area contributed by atoms with Gasteiger partial charge in [-0.05, 0) is 83.9 Å². The van der Waals surface area contributed by atoms with E-state index in [2.05, 4.69) is 146 Å². The van der Waals surface area contributed by atoms with Crippen molar-refractivity contribution in [1.29, 1.82) is 0 Å². The van der Waals surface area contributed by atoms with Crippen molar-refractivity contribution < 1.29 is 8.83 Å². The molecule has 0 saturated heterocycles. The highest BCUT2D eigenvalue weighted by atomic mass is 16.4. The predicted molar refractivity (Wildman–Crippen MR) is 210 cm³/mol. The van der Waals surface area contributed by atoms with Gasteiger partial charge in [0.05, 0.1) is 0 Å². The lowest BCUT2D eigenvalue weighted by Gasteiger charge is -2.19. The van der Waals surface area contributed by atoms with Crippen LogP contribution in [0.5, 0.6) is 0 Å². The maximum atomic E-state index is 6.61. The SMILES string of the molecule is c1ccc(-c2c3ccccc3c(-c3ccc(-c4cc5c6ccccc6oc5c5oc6ccccc6c45)c4ccccc34)c3ccccc23)cc1. The van der Waals surface area contributed by atoms with Gasteiger partial charge in [0.1, 0.15) is 11.2 Å². The molecule has 0 spiro atoms. The number of fused-ring (bicyclic) bond motifs is 10. The molecule has 11 rings (SSSR count). The number of hydrogen-bond donors (Lipinski definition) is 0. The molecule has 0 fully saturated rings. The third-order valence-corrected chi connectivity index (χ3v) is 10.5. The second-order valence-electron chi connectivity index (χ2n) is 13.1. The average molecular weight is 637 g/mol. The van der Waals surface area contributed by atoms with Gasteiger partial charge in [-0.2, -0.15) is 0 Å². The molecule has 0 aliphatic rings. The number of benzene rings is 9. The van der Waals surface area contributed by atoms with Gasteiger partial charge in [0.2, 0.25) is 0 Å². The van der Waals surface area contributed by atoms with Gasteiger partial charge in [0, 0.05) is 21.5 Å². The van der Waals surface area contributed by atoms with Crippen molar-refractivity contribution in [3.8, 4) is 33.4 Å². The van der Waals surface area contributed by atoms with Crippen molar-refractivity contribution in [3.05, 3.63) is 170 Å². The summed E-state index contributed by atoms with van der Waals surface area (Å²) >= 11 is 0. The van der Waals surface area contributed by atoms with Gasteiger partial charge in [0.25, 0.3) is 0 Å². The third-order valence-electron chi connectivity index (χ3n) is 10.5. The highest BCUT2D eigenvalue weighted by Gasteiger charge is 2.23. The van der Waals surface area contributed by atoms with Crippen molar-refractivity contribution >= 4 is 76.2 Å². The number of para-hydroxylation sites is 2. The highest BCUT2D eigenvalue weighted by Crippen LogP contribution is 2.49. The normalized spacial score (nSPS) is 12.0. The lowest BCUT2D eigenvalue weighted by molar-refractivity contribution is 0.633. The Balaban J connectivity index is 1.26. The topological polar surface area (TPSA) is 26.3 Å². The molecule has 0 amide bonds. The van der Waals surface area contributed by atoms with Crippen LogP contribution in [0.1, 0.15) is 0 Å². The maximum absolute atomic E-state index is 6.61. The first-order chi connectivity index (χ1) is 24.8. The van der Waals surface area contributed by atoms with Gasteiger partial charge in [-0.3, -0.25) is 0 Å². The summed E-state index contributed by atoms with van der Waals surface area (Å²) in [5.74, 6) is 0. The first kappa shape index (κ1) is 27.3. The van der Waals surface area contributed by atoms with Crippen molar-refractivity contribution in [2.75, 3.05) is 0 Å². The quantitative estimate of drug-likeness (QED) is 0.180. The van der Waals surface area contributed by atoms with Crippen molar-refractivity contribution in [2.45, 2.75) is 0 Å². The Morgan fingerprint density at radius 3 is 1.40 bits per heavy atom. The van der Waals surface area contributed by atoms with E-state index in [0.29, 0.717) is 0 Å². The summed E-state index contributed by atoms with van der Waals surface area (Å²) in [5, 5.41) is 11.7. The molecule has 0 aliphatic heterocycles.